The van der Waals surface area contributed by atoms with E-state index in [0.717, 1.165) is 29.9 Å². The lowest BCUT2D eigenvalue weighted by Crippen LogP contribution is -2.24. The van der Waals surface area contributed by atoms with Gasteiger partial charge in [-0.2, -0.15) is 0 Å². The smallest absolute Gasteiger partial charge is 0.231 e. The standard InChI is InChI=1S/C13H19NO2/c1-9(2)6-11(14)7-10-4-3-5-12-13(10)16-8-15-12/h3-5,9,11H,6-8,14H2,1-2H3. The molecule has 1 heterocycles. The zero-order chi connectivity index (χ0) is 11.5. The quantitative estimate of drug-likeness (QED) is 0.848. The molecule has 0 saturated carbocycles. The van der Waals surface area contributed by atoms with Crippen molar-refractivity contribution in [1.29, 1.82) is 0 Å². The molecule has 1 aromatic rings. The van der Waals surface area contributed by atoms with Crippen molar-refractivity contribution in [2.24, 2.45) is 11.7 Å². The van der Waals surface area contributed by atoms with Crippen LogP contribution in [0.4, 0.5) is 0 Å². The average Bonchev–Trinajstić information content (AvgIpc) is 2.65. The fraction of sp³-hybridized carbons (Fsp3) is 0.538. The zero-order valence-electron chi connectivity index (χ0n) is 9.90. The lowest BCUT2D eigenvalue weighted by atomic mass is 9.97. The van der Waals surface area contributed by atoms with Gasteiger partial charge in [-0.05, 0) is 30.4 Å². The van der Waals surface area contributed by atoms with E-state index in [4.69, 9.17) is 15.2 Å². The van der Waals surface area contributed by atoms with Crippen LogP contribution in [0.1, 0.15) is 25.8 Å². The second-order valence-electron chi connectivity index (χ2n) is 4.74. The van der Waals surface area contributed by atoms with Gasteiger partial charge in [0, 0.05) is 6.04 Å². The Hall–Kier alpha value is -1.22. The summed E-state index contributed by atoms with van der Waals surface area (Å²) >= 11 is 0. The molecule has 0 amide bonds. The van der Waals surface area contributed by atoms with Crippen molar-refractivity contribution in [1.82, 2.24) is 0 Å². The summed E-state index contributed by atoms with van der Waals surface area (Å²) in [6.07, 6.45) is 1.88. The van der Waals surface area contributed by atoms with Gasteiger partial charge in [-0.1, -0.05) is 26.0 Å². The molecule has 1 atom stereocenters. The van der Waals surface area contributed by atoms with E-state index in [9.17, 15) is 0 Å². The lowest BCUT2D eigenvalue weighted by Gasteiger charge is -2.15. The molecule has 2 rings (SSSR count). The van der Waals surface area contributed by atoms with Crippen LogP contribution < -0.4 is 15.2 Å². The third kappa shape index (κ3) is 2.47. The van der Waals surface area contributed by atoms with Crippen molar-refractivity contribution in [3.8, 4) is 11.5 Å². The predicted molar refractivity (Wildman–Crippen MR) is 63.7 cm³/mol. The summed E-state index contributed by atoms with van der Waals surface area (Å²) in [7, 11) is 0. The summed E-state index contributed by atoms with van der Waals surface area (Å²) in [6, 6.07) is 6.18. The highest BCUT2D eigenvalue weighted by atomic mass is 16.7. The van der Waals surface area contributed by atoms with Gasteiger partial charge in [0.2, 0.25) is 6.79 Å². The van der Waals surface area contributed by atoms with Gasteiger partial charge < -0.3 is 15.2 Å². The second-order valence-corrected chi connectivity index (χ2v) is 4.74. The maximum atomic E-state index is 6.10. The van der Waals surface area contributed by atoms with E-state index in [1.54, 1.807) is 0 Å². The Balaban J connectivity index is 2.07. The Morgan fingerprint density at radius 2 is 2.12 bits per heavy atom. The van der Waals surface area contributed by atoms with Crippen LogP contribution in [0, 0.1) is 5.92 Å². The van der Waals surface area contributed by atoms with E-state index in [-0.39, 0.29) is 6.04 Å². The van der Waals surface area contributed by atoms with Gasteiger partial charge in [-0.3, -0.25) is 0 Å². The van der Waals surface area contributed by atoms with Crippen LogP contribution in [0.25, 0.3) is 0 Å². The molecule has 0 aliphatic carbocycles. The minimum Gasteiger partial charge on any atom is -0.454 e. The Morgan fingerprint density at radius 3 is 2.88 bits per heavy atom. The van der Waals surface area contributed by atoms with Crippen LogP contribution in [0.3, 0.4) is 0 Å². The van der Waals surface area contributed by atoms with Gasteiger partial charge in [0.05, 0.1) is 0 Å². The van der Waals surface area contributed by atoms with Gasteiger partial charge in [0.1, 0.15) is 0 Å². The first-order valence-electron chi connectivity index (χ1n) is 5.80. The first-order valence-corrected chi connectivity index (χ1v) is 5.80. The van der Waals surface area contributed by atoms with Gasteiger partial charge in [-0.25, -0.2) is 0 Å². The number of ether oxygens (including phenoxy) is 2. The molecule has 1 aliphatic rings. The first kappa shape index (κ1) is 11.3. The van der Waals surface area contributed by atoms with Crippen LogP contribution in [0.5, 0.6) is 11.5 Å². The molecular weight excluding hydrogens is 202 g/mol. The SMILES string of the molecule is CC(C)CC(N)Cc1cccc2c1OCO2. The molecule has 0 radical (unpaired) electrons. The van der Waals surface area contributed by atoms with Crippen molar-refractivity contribution in [3.63, 3.8) is 0 Å². The van der Waals surface area contributed by atoms with E-state index in [1.807, 2.05) is 12.1 Å². The Morgan fingerprint density at radius 1 is 1.31 bits per heavy atom. The molecule has 88 valence electrons. The molecule has 3 nitrogen and oxygen atoms in total. The first-order chi connectivity index (χ1) is 7.66. The Bertz CT molecular complexity index is 363. The van der Waals surface area contributed by atoms with Crippen LogP contribution in [0.15, 0.2) is 18.2 Å². The minimum absolute atomic E-state index is 0.190. The number of benzene rings is 1. The maximum absolute atomic E-state index is 6.10. The highest BCUT2D eigenvalue weighted by Gasteiger charge is 2.18. The van der Waals surface area contributed by atoms with E-state index in [0.29, 0.717) is 12.7 Å². The van der Waals surface area contributed by atoms with Gasteiger partial charge >= 0.3 is 0 Å². The fourth-order valence-electron chi connectivity index (χ4n) is 2.12. The van der Waals surface area contributed by atoms with E-state index in [2.05, 4.69) is 19.9 Å². The molecule has 16 heavy (non-hydrogen) atoms. The summed E-state index contributed by atoms with van der Waals surface area (Å²) in [6.45, 7) is 4.70. The summed E-state index contributed by atoms with van der Waals surface area (Å²) in [5.74, 6) is 2.35. The molecule has 0 saturated heterocycles. The molecule has 1 aliphatic heterocycles. The summed E-state index contributed by atoms with van der Waals surface area (Å²) in [5, 5.41) is 0. The molecule has 0 bridgehead atoms. The molecule has 1 unspecified atom stereocenters. The largest absolute Gasteiger partial charge is 0.454 e. The number of hydrogen-bond donors (Lipinski definition) is 1. The topological polar surface area (TPSA) is 44.5 Å². The second kappa shape index (κ2) is 4.74. The Kier molecular flexibility index (Phi) is 3.34. The maximum Gasteiger partial charge on any atom is 0.231 e. The lowest BCUT2D eigenvalue weighted by molar-refractivity contribution is 0.173. The Labute approximate surface area is 96.5 Å². The van der Waals surface area contributed by atoms with Crippen LogP contribution in [-0.2, 0) is 6.42 Å². The zero-order valence-corrected chi connectivity index (χ0v) is 9.90. The van der Waals surface area contributed by atoms with Crippen molar-refractivity contribution in [2.45, 2.75) is 32.7 Å². The molecular formula is C13H19NO2. The van der Waals surface area contributed by atoms with E-state index >= 15 is 0 Å². The molecule has 3 heteroatoms. The fourth-order valence-corrected chi connectivity index (χ4v) is 2.12. The predicted octanol–water partition coefficient (Wildman–Crippen LogP) is 2.33. The average molecular weight is 221 g/mol. The van der Waals surface area contributed by atoms with Crippen LogP contribution >= 0.6 is 0 Å². The molecule has 2 N–H and O–H groups in total. The molecule has 0 aromatic heterocycles. The van der Waals surface area contributed by atoms with Crippen molar-refractivity contribution < 1.29 is 9.47 Å². The van der Waals surface area contributed by atoms with Crippen LogP contribution in [-0.4, -0.2) is 12.8 Å². The molecule has 1 aromatic carbocycles. The van der Waals surface area contributed by atoms with E-state index in [1.165, 1.54) is 0 Å². The summed E-state index contributed by atoms with van der Waals surface area (Å²) < 4.78 is 10.8. The van der Waals surface area contributed by atoms with E-state index < -0.39 is 0 Å². The number of fused-ring (bicyclic) bond motifs is 1. The summed E-state index contributed by atoms with van der Waals surface area (Å²) in [5.41, 5.74) is 7.26. The van der Waals surface area contributed by atoms with Gasteiger partial charge in [0.15, 0.2) is 11.5 Å². The van der Waals surface area contributed by atoms with Crippen LogP contribution in [0.2, 0.25) is 0 Å². The van der Waals surface area contributed by atoms with Crippen molar-refractivity contribution in [2.75, 3.05) is 6.79 Å². The number of nitrogens with two attached hydrogens (primary N) is 1. The summed E-state index contributed by atoms with van der Waals surface area (Å²) in [4.78, 5) is 0. The van der Waals surface area contributed by atoms with Crippen molar-refractivity contribution in [3.05, 3.63) is 23.8 Å². The number of hydrogen-bond acceptors (Lipinski definition) is 3. The third-order valence-electron chi connectivity index (χ3n) is 2.73. The minimum atomic E-state index is 0.190. The molecule has 0 spiro atoms. The normalized spacial score (nSPS) is 15.5. The highest BCUT2D eigenvalue weighted by Crippen LogP contribution is 2.35. The third-order valence-corrected chi connectivity index (χ3v) is 2.73. The highest BCUT2D eigenvalue weighted by molar-refractivity contribution is 5.48. The monoisotopic (exact) mass is 221 g/mol. The number of para-hydroxylation sites is 1. The van der Waals surface area contributed by atoms with Crippen molar-refractivity contribution >= 4 is 0 Å². The van der Waals surface area contributed by atoms with Gasteiger partial charge in [0.25, 0.3) is 0 Å². The van der Waals surface area contributed by atoms with Gasteiger partial charge in [-0.15, -0.1) is 0 Å². The number of rotatable bonds is 4. The molecule has 0 fully saturated rings.